The lowest BCUT2D eigenvalue weighted by atomic mass is 9.87. The van der Waals surface area contributed by atoms with Crippen molar-refractivity contribution in [3.8, 4) is 0 Å². The molecule has 1 aliphatic heterocycles. The lowest BCUT2D eigenvalue weighted by molar-refractivity contribution is -0.151. The second-order valence-electron chi connectivity index (χ2n) is 7.16. The lowest BCUT2D eigenvalue weighted by Gasteiger charge is -2.45. The summed E-state index contributed by atoms with van der Waals surface area (Å²) in [5, 5.41) is 0.731. The highest BCUT2D eigenvalue weighted by Gasteiger charge is 2.44. The first-order valence-corrected chi connectivity index (χ1v) is 9.29. The van der Waals surface area contributed by atoms with Gasteiger partial charge in [0.05, 0.1) is 24.7 Å². The molecule has 1 aromatic rings. The van der Waals surface area contributed by atoms with Crippen molar-refractivity contribution >= 4 is 17.5 Å². The van der Waals surface area contributed by atoms with Crippen LogP contribution in [0.5, 0.6) is 0 Å². The molecule has 4 heteroatoms. The number of benzene rings is 1. The average molecular weight is 334 g/mol. The van der Waals surface area contributed by atoms with Gasteiger partial charge < -0.3 is 9.64 Å². The molecule has 1 heterocycles. The first-order valence-electron chi connectivity index (χ1n) is 8.91. The van der Waals surface area contributed by atoms with E-state index in [2.05, 4.69) is 4.90 Å². The molecular formula is C19H24ClNO2. The van der Waals surface area contributed by atoms with E-state index in [9.17, 15) is 4.79 Å². The number of carbonyl (C=O) groups excluding carboxylic acids is 1. The van der Waals surface area contributed by atoms with Crippen molar-refractivity contribution < 1.29 is 9.53 Å². The second kappa shape index (κ2) is 6.45. The molecule has 0 N–H and O–H groups in total. The molecule has 3 fully saturated rings. The fraction of sp³-hybridized carbons (Fsp3) is 0.632. The molecule has 0 aromatic heterocycles. The first kappa shape index (κ1) is 15.5. The van der Waals surface area contributed by atoms with Crippen molar-refractivity contribution in [1.82, 2.24) is 4.90 Å². The predicted octanol–water partition coefficient (Wildman–Crippen LogP) is 4.00. The molecule has 0 bridgehead atoms. The van der Waals surface area contributed by atoms with E-state index in [4.69, 9.17) is 16.3 Å². The van der Waals surface area contributed by atoms with E-state index in [1.54, 1.807) is 0 Å². The van der Waals surface area contributed by atoms with Crippen molar-refractivity contribution in [1.29, 1.82) is 0 Å². The van der Waals surface area contributed by atoms with Crippen LogP contribution in [-0.4, -0.2) is 36.1 Å². The van der Waals surface area contributed by atoms with Crippen LogP contribution in [0.3, 0.4) is 0 Å². The Bertz CT molecular complexity index is 567. The topological polar surface area (TPSA) is 29.5 Å². The maximum Gasteiger partial charge on any atom is 0.230 e. The largest absolute Gasteiger partial charge is 0.374 e. The summed E-state index contributed by atoms with van der Waals surface area (Å²) in [6, 6.07) is 8.16. The Morgan fingerprint density at radius 1 is 1.13 bits per heavy atom. The van der Waals surface area contributed by atoms with E-state index in [0.29, 0.717) is 24.5 Å². The van der Waals surface area contributed by atoms with Crippen molar-refractivity contribution in [2.75, 3.05) is 13.2 Å². The summed E-state index contributed by atoms with van der Waals surface area (Å²) in [6.45, 7) is 1.43. The van der Waals surface area contributed by atoms with Crippen molar-refractivity contribution in [3.63, 3.8) is 0 Å². The lowest BCUT2D eigenvalue weighted by Crippen LogP contribution is -2.56. The van der Waals surface area contributed by atoms with E-state index >= 15 is 0 Å². The number of morpholine rings is 1. The van der Waals surface area contributed by atoms with Gasteiger partial charge in [0.25, 0.3) is 0 Å². The van der Waals surface area contributed by atoms with Gasteiger partial charge in [-0.3, -0.25) is 4.79 Å². The van der Waals surface area contributed by atoms with Gasteiger partial charge in [-0.2, -0.15) is 0 Å². The van der Waals surface area contributed by atoms with Gasteiger partial charge in [-0.25, -0.2) is 0 Å². The molecule has 3 nitrogen and oxygen atoms in total. The summed E-state index contributed by atoms with van der Waals surface area (Å²) >= 11 is 6.02. The molecule has 3 aliphatic rings. The van der Waals surface area contributed by atoms with E-state index in [1.807, 2.05) is 24.3 Å². The molecule has 1 saturated heterocycles. The van der Waals surface area contributed by atoms with Gasteiger partial charge in [0, 0.05) is 11.6 Å². The summed E-state index contributed by atoms with van der Waals surface area (Å²) < 4.78 is 5.93. The van der Waals surface area contributed by atoms with Gasteiger partial charge in [-0.15, -0.1) is 0 Å². The predicted molar refractivity (Wildman–Crippen MR) is 90.6 cm³/mol. The number of hydrogen-bond donors (Lipinski definition) is 0. The van der Waals surface area contributed by atoms with Gasteiger partial charge in [0.1, 0.15) is 0 Å². The minimum absolute atomic E-state index is 0.00735. The number of fused-ring (bicyclic) bond motifs is 1. The highest BCUT2D eigenvalue weighted by atomic mass is 35.5. The van der Waals surface area contributed by atoms with Gasteiger partial charge in [0.15, 0.2) is 0 Å². The molecule has 3 atom stereocenters. The minimum atomic E-state index is 0.00735. The zero-order valence-electron chi connectivity index (χ0n) is 13.4. The number of carbonyl (C=O) groups is 1. The Labute approximate surface area is 142 Å². The summed E-state index contributed by atoms with van der Waals surface area (Å²) in [5.74, 6) is 0.830. The normalized spacial score (nSPS) is 29.0. The smallest absolute Gasteiger partial charge is 0.230 e. The molecule has 3 unspecified atom stereocenters. The summed E-state index contributed by atoms with van der Waals surface area (Å²) in [7, 11) is 0. The third kappa shape index (κ3) is 3.14. The number of rotatable bonds is 3. The van der Waals surface area contributed by atoms with Gasteiger partial charge in [0.2, 0.25) is 5.91 Å². The zero-order valence-corrected chi connectivity index (χ0v) is 14.2. The zero-order chi connectivity index (χ0) is 15.8. The molecule has 4 rings (SSSR count). The molecule has 0 spiro atoms. The average Bonchev–Trinajstić information content (AvgIpc) is 3.41. The van der Waals surface area contributed by atoms with Crippen LogP contribution in [0.4, 0.5) is 0 Å². The van der Waals surface area contributed by atoms with Gasteiger partial charge in [-0.05, 0) is 49.3 Å². The minimum Gasteiger partial charge on any atom is -0.374 e. The maximum atomic E-state index is 13.4. The van der Waals surface area contributed by atoms with Crippen LogP contribution < -0.4 is 0 Å². The fourth-order valence-electron chi connectivity index (χ4n) is 4.26. The Balaban J connectivity index is 1.58. The fourth-order valence-corrected chi connectivity index (χ4v) is 4.39. The summed E-state index contributed by atoms with van der Waals surface area (Å²) in [4.78, 5) is 15.5. The molecule has 1 amide bonds. The highest BCUT2D eigenvalue weighted by molar-refractivity contribution is 6.30. The monoisotopic (exact) mass is 333 g/mol. The van der Waals surface area contributed by atoms with Crippen LogP contribution in [0.2, 0.25) is 5.02 Å². The van der Waals surface area contributed by atoms with Crippen LogP contribution in [0.1, 0.15) is 50.0 Å². The van der Waals surface area contributed by atoms with Crippen LogP contribution in [0, 0.1) is 5.92 Å². The van der Waals surface area contributed by atoms with Gasteiger partial charge >= 0.3 is 0 Å². The molecular weight excluding hydrogens is 310 g/mol. The van der Waals surface area contributed by atoms with E-state index in [1.165, 1.54) is 12.8 Å². The van der Waals surface area contributed by atoms with Gasteiger partial charge in [-0.1, -0.05) is 36.6 Å². The van der Waals surface area contributed by atoms with E-state index < -0.39 is 0 Å². The number of ether oxygens (including phenoxy) is 1. The third-order valence-electron chi connectivity index (χ3n) is 5.60. The SMILES string of the molecule is O=C(C(c1ccc(Cl)cc1)C1CC1)N1CCOC2CCCCC21. The summed E-state index contributed by atoms with van der Waals surface area (Å²) in [6.07, 6.45) is 7.22. The molecule has 23 heavy (non-hydrogen) atoms. The van der Waals surface area contributed by atoms with E-state index in [-0.39, 0.29) is 12.0 Å². The Hall–Kier alpha value is -1.06. The molecule has 1 aromatic carbocycles. The Morgan fingerprint density at radius 3 is 2.61 bits per heavy atom. The quantitative estimate of drug-likeness (QED) is 0.836. The molecule has 2 aliphatic carbocycles. The Morgan fingerprint density at radius 2 is 1.87 bits per heavy atom. The number of nitrogens with zero attached hydrogens (tertiary/aromatic N) is 1. The Kier molecular flexibility index (Phi) is 4.33. The molecule has 124 valence electrons. The molecule has 0 radical (unpaired) electrons. The summed E-state index contributed by atoms with van der Waals surface area (Å²) in [5.41, 5.74) is 1.13. The number of amides is 1. The van der Waals surface area contributed by atoms with Crippen LogP contribution in [0.15, 0.2) is 24.3 Å². The van der Waals surface area contributed by atoms with Crippen LogP contribution in [-0.2, 0) is 9.53 Å². The van der Waals surface area contributed by atoms with Crippen molar-refractivity contribution in [2.24, 2.45) is 5.92 Å². The number of hydrogen-bond acceptors (Lipinski definition) is 2. The third-order valence-corrected chi connectivity index (χ3v) is 5.86. The first-order chi connectivity index (χ1) is 11.2. The molecule has 2 saturated carbocycles. The second-order valence-corrected chi connectivity index (χ2v) is 7.60. The maximum absolute atomic E-state index is 13.4. The van der Waals surface area contributed by atoms with Crippen molar-refractivity contribution in [3.05, 3.63) is 34.9 Å². The highest BCUT2D eigenvalue weighted by Crippen LogP contribution is 2.45. The standard InChI is InChI=1S/C19H24ClNO2/c20-15-9-7-14(8-10-15)18(13-5-6-13)19(22)21-11-12-23-17-4-2-1-3-16(17)21/h7-10,13,16-18H,1-6,11-12H2. The number of halogens is 1. The van der Waals surface area contributed by atoms with E-state index in [0.717, 1.165) is 42.8 Å². The van der Waals surface area contributed by atoms with Crippen LogP contribution >= 0.6 is 11.6 Å². The van der Waals surface area contributed by atoms with Crippen molar-refractivity contribution in [2.45, 2.75) is 56.6 Å². The van der Waals surface area contributed by atoms with Crippen LogP contribution in [0.25, 0.3) is 0 Å².